The van der Waals surface area contributed by atoms with Crippen LogP contribution in [0.3, 0.4) is 0 Å². The molecule has 0 fully saturated rings. The van der Waals surface area contributed by atoms with Crippen LogP contribution in [0.5, 0.6) is 0 Å². The van der Waals surface area contributed by atoms with Gasteiger partial charge in [0.1, 0.15) is 23.4 Å². The molecule has 0 amide bonds. The van der Waals surface area contributed by atoms with Crippen molar-refractivity contribution in [3.05, 3.63) is 51.5 Å². The van der Waals surface area contributed by atoms with Crippen molar-refractivity contribution in [2.24, 2.45) is 5.92 Å². The molecular formula is C16H12F6N2O2S. The van der Waals surface area contributed by atoms with E-state index in [2.05, 4.69) is 4.98 Å². The van der Waals surface area contributed by atoms with Crippen molar-refractivity contribution in [1.82, 2.24) is 4.98 Å². The molecule has 0 bridgehead atoms. The van der Waals surface area contributed by atoms with Crippen LogP contribution in [0.15, 0.2) is 29.6 Å². The van der Waals surface area contributed by atoms with E-state index in [4.69, 9.17) is 4.74 Å². The van der Waals surface area contributed by atoms with E-state index in [9.17, 15) is 36.7 Å². The topological polar surface area (TPSA) is 66.1 Å². The molecule has 2 aromatic heterocycles. The minimum absolute atomic E-state index is 0.297. The van der Waals surface area contributed by atoms with E-state index in [0.29, 0.717) is 17.0 Å². The van der Waals surface area contributed by atoms with Gasteiger partial charge in [0, 0.05) is 12.0 Å². The number of hydrogen-bond acceptors (Lipinski definition) is 5. The summed E-state index contributed by atoms with van der Waals surface area (Å²) in [6, 6.07) is 5.50. The predicted octanol–water partition coefficient (Wildman–Crippen LogP) is 4.74. The molecule has 0 aliphatic carbocycles. The molecule has 0 aliphatic heterocycles. The van der Waals surface area contributed by atoms with Gasteiger partial charge in [0.2, 0.25) is 0 Å². The van der Waals surface area contributed by atoms with E-state index < -0.39 is 47.4 Å². The van der Waals surface area contributed by atoms with Crippen LogP contribution in [0, 0.1) is 17.2 Å². The minimum atomic E-state index is -5.16. The second kappa shape index (κ2) is 7.84. The molecule has 0 aliphatic rings. The molecule has 1 N–H and O–H groups in total. The smallest absolute Gasteiger partial charge is 0.387 e. The highest BCUT2D eigenvalue weighted by Crippen LogP contribution is 2.40. The summed E-state index contributed by atoms with van der Waals surface area (Å²) in [5, 5.41) is 21.4. The van der Waals surface area contributed by atoms with Gasteiger partial charge >= 0.3 is 12.4 Å². The lowest BCUT2D eigenvalue weighted by atomic mass is 9.90. The number of nitrogens with zero attached hydrogens (tertiary/aromatic N) is 2. The van der Waals surface area contributed by atoms with Gasteiger partial charge in [-0.05, 0) is 29.1 Å². The van der Waals surface area contributed by atoms with Crippen LogP contribution in [0.1, 0.15) is 34.0 Å². The fourth-order valence-electron chi connectivity index (χ4n) is 2.42. The maximum atomic E-state index is 12.9. The summed E-state index contributed by atoms with van der Waals surface area (Å²) in [6.07, 6.45) is -13.3. The Kier molecular flexibility index (Phi) is 6.14. The zero-order valence-corrected chi connectivity index (χ0v) is 14.4. The average molecular weight is 410 g/mol. The van der Waals surface area contributed by atoms with Crippen molar-refractivity contribution in [3.63, 3.8) is 0 Å². The van der Waals surface area contributed by atoms with E-state index >= 15 is 0 Å². The number of aliphatic hydroxyl groups excluding tert-OH is 1. The van der Waals surface area contributed by atoms with Crippen LogP contribution in [-0.4, -0.2) is 17.2 Å². The summed E-state index contributed by atoms with van der Waals surface area (Å²) < 4.78 is 82.7. The second-order valence-electron chi connectivity index (χ2n) is 5.44. The molecule has 2 aromatic rings. The molecule has 11 heteroatoms. The number of rotatable bonds is 5. The fraction of sp³-hybridized carbons (Fsp3) is 0.375. The van der Waals surface area contributed by atoms with Crippen LogP contribution in [0.4, 0.5) is 26.3 Å². The Bertz CT molecular complexity index is 782. The second-order valence-corrected chi connectivity index (χ2v) is 6.42. The third-order valence-corrected chi connectivity index (χ3v) is 4.60. The molecule has 2 heterocycles. The van der Waals surface area contributed by atoms with E-state index in [1.165, 1.54) is 18.4 Å². The van der Waals surface area contributed by atoms with Crippen LogP contribution >= 0.6 is 11.3 Å². The highest BCUT2D eigenvalue weighted by molar-refractivity contribution is 7.10. The number of ether oxygens (including phenoxy) is 1. The zero-order valence-electron chi connectivity index (χ0n) is 13.5. The van der Waals surface area contributed by atoms with E-state index in [1.807, 2.05) is 0 Å². The first-order chi connectivity index (χ1) is 12.5. The summed E-state index contributed by atoms with van der Waals surface area (Å²) in [6.45, 7) is 0. The largest absolute Gasteiger partial charge is 0.433 e. The molecule has 146 valence electrons. The Hall–Kier alpha value is -2.16. The molecule has 0 spiro atoms. The highest BCUT2D eigenvalue weighted by Gasteiger charge is 2.41. The molecule has 3 atom stereocenters. The van der Waals surface area contributed by atoms with Gasteiger partial charge in [0.25, 0.3) is 0 Å². The van der Waals surface area contributed by atoms with E-state index in [-0.39, 0.29) is 0 Å². The normalized spacial score (nSPS) is 15.8. The van der Waals surface area contributed by atoms with Crippen molar-refractivity contribution in [3.8, 4) is 6.07 Å². The number of halogens is 6. The molecule has 0 saturated heterocycles. The number of thiophene rings is 1. The number of methoxy groups -OCH3 is 1. The third kappa shape index (κ3) is 4.77. The quantitative estimate of drug-likeness (QED) is 0.723. The van der Waals surface area contributed by atoms with Gasteiger partial charge in [-0.15, -0.1) is 11.3 Å². The Morgan fingerprint density at radius 2 is 1.70 bits per heavy atom. The van der Waals surface area contributed by atoms with Crippen LogP contribution in [0.2, 0.25) is 0 Å². The number of nitriles is 1. The molecular weight excluding hydrogens is 398 g/mol. The number of pyridine rings is 1. The van der Waals surface area contributed by atoms with Gasteiger partial charge in [0.05, 0.1) is 12.2 Å². The molecule has 0 radical (unpaired) electrons. The molecule has 0 saturated carbocycles. The number of aliphatic hydroxyl groups is 1. The molecule has 0 aromatic carbocycles. The lowest BCUT2D eigenvalue weighted by Gasteiger charge is -2.25. The summed E-state index contributed by atoms with van der Waals surface area (Å²) in [5.41, 5.74) is -4.35. The molecule has 3 unspecified atom stereocenters. The number of hydrogen-bond donors (Lipinski definition) is 1. The monoisotopic (exact) mass is 410 g/mol. The van der Waals surface area contributed by atoms with Gasteiger partial charge in [-0.1, -0.05) is 6.07 Å². The van der Waals surface area contributed by atoms with E-state index in [0.717, 1.165) is 0 Å². The maximum absolute atomic E-state index is 12.9. The third-order valence-electron chi connectivity index (χ3n) is 3.66. The van der Waals surface area contributed by atoms with Crippen molar-refractivity contribution in [2.45, 2.75) is 24.6 Å². The molecule has 4 nitrogen and oxygen atoms in total. The van der Waals surface area contributed by atoms with Crippen molar-refractivity contribution < 1.29 is 36.2 Å². The van der Waals surface area contributed by atoms with Crippen molar-refractivity contribution in [1.29, 1.82) is 5.26 Å². The predicted molar refractivity (Wildman–Crippen MR) is 82.4 cm³/mol. The Balaban J connectivity index is 2.52. The Morgan fingerprint density at radius 1 is 1.15 bits per heavy atom. The first kappa shape index (κ1) is 21.1. The van der Waals surface area contributed by atoms with E-state index in [1.54, 1.807) is 23.6 Å². The Labute approximate surface area is 153 Å². The first-order valence-electron chi connectivity index (χ1n) is 7.29. The molecule has 2 rings (SSSR count). The van der Waals surface area contributed by atoms with Gasteiger partial charge in [-0.2, -0.15) is 31.6 Å². The molecule has 27 heavy (non-hydrogen) atoms. The van der Waals surface area contributed by atoms with Crippen LogP contribution < -0.4 is 0 Å². The van der Waals surface area contributed by atoms with Gasteiger partial charge < -0.3 is 9.84 Å². The van der Waals surface area contributed by atoms with Crippen LogP contribution in [0.25, 0.3) is 0 Å². The minimum Gasteiger partial charge on any atom is -0.387 e. The number of alkyl halides is 6. The van der Waals surface area contributed by atoms with Crippen molar-refractivity contribution >= 4 is 11.3 Å². The first-order valence-corrected chi connectivity index (χ1v) is 8.17. The maximum Gasteiger partial charge on any atom is 0.433 e. The lowest BCUT2D eigenvalue weighted by molar-refractivity contribution is -0.150. The highest BCUT2D eigenvalue weighted by atomic mass is 32.1. The fourth-order valence-corrected chi connectivity index (χ4v) is 3.27. The Morgan fingerprint density at radius 3 is 2.07 bits per heavy atom. The summed E-state index contributed by atoms with van der Waals surface area (Å²) in [4.78, 5) is 3.08. The summed E-state index contributed by atoms with van der Waals surface area (Å²) in [5.74, 6) is -1.45. The number of aromatic nitrogens is 1. The zero-order chi connectivity index (χ0) is 20.4. The SMILES string of the molecule is COC(c1cccs1)C(C#N)C(O)c1cc(C(F)(F)F)nc(C(F)(F)F)c1. The van der Waals surface area contributed by atoms with Crippen molar-refractivity contribution in [2.75, 3.05) is 7.11 Å². The average Bonchev–Trinajstić information content (AvgIpc) is 3.11. The summed E-state index contributed by atoms with van der Waals surface area (Å²) in [7, 11) is 1.22. The van der Waals surface area contributed by atoms with Crippen LogP contribution in [-0.2, 0) is 17.1 Å². The van der Waals surface area contributed by atoms with Gasteiger partial charge in [-0.25, -0.2) is 4.98 Å². The van der Waals surface area contributed by atoms with Gasteiger partial charge in [-0.3, -0.25) is 0 Å². The lowest BCUT2D eigenvalue weighted by Crippen LogP contribution is -2.22. The summed E-state index contributed by atoms with van der Waals surface area (Å²) >= 11 is 1.17. The standard InChI is InChI=1S/C16H12F6N2O2S/c1-26-14(10-3-2-4-27-10)9(7-23)13(25)8-5-11(15(17,18)19)24-12(6-8)16(20,21)22/h2-6,9,13-14,25H,1H3. The van der Waals surface area contributed by atoms with Gasteiger partial charge in [0.15, 0.2) is 0 Å².